The predicted molar refractivity (Wildman–Crippen MR) is 80.3 cm³/mol. The van der Waals surface area contributed by atoms with Crippen molar-refractivity contribution in [1.82, 2.24) is 0 Å². The molecule has 106 valence electrons. The largest absolute Gasteiger partial charge is 0.487 e. The molecule has 1 aliphatic carbocycles. The number of hydrogen-bond acceptors (Lipinski definition) is 3. The van der Waals surface area contributed by atoms with Gasteiger partial charge in [0.15, 0.2) is 0 Å². The molecule has 0 heterocycles. The Labute approximate surface area is 123 Å². The number of aliphatic hydroxyl groups excluding tert-OH is 1. The zero-order valence-corrected chi connectivity index (χ0v) is 12.9. The highest BCUT2D eigenvalue weighted by Gasteiger charge is 2.24. The van der Waals surface area contributed by atoms with Crippen LogP contribution in [-0.2, 0) is 0 Å². The molecule has 1 aliphatic rings. The molecule has 3 unspecified atom stereocenters. The lowest BCUT2D eigenvalue weighted by Gasteiger charge is -2.24. The van der Waals surface area contributed by atoms with Crippen molar-refractivity contribution in [2.24, 2.45) is 5.73 Å². The molecular formula is C15H22BrNO2. The zero-order chi connectivity index (χ0) is 13.8. The Kier molecular flexibility index (Phi) is 5.25. The lowest BCUT2D eigenvalue weighted by atomic mass is 10.1. The fourth-order valence-corrected chi connectivity index (χ4v) is 2.88. The summed E-state index contributed by atoms with van der Waals surface area (Å²) in [6, 6.07) is 5.81. The number of benzene rings is 1. The topological polar surface area (TPSA) is 55.5 Å². The van der Waals surface area contributed by atoms with E-state index in [0.717, 1.165) is 41.5 Å². The number of halogens is 1. The molecule has 0 aromatic heterocycles. The molecule has 0 bridgehead atoms. The van der Waals surface area contributed by atoms with E-state index in [1.54, 1.807) is 0 Å². The molecule has 19 heavy (non-hydrogen) atoms. The molecule has 4 heteroatoms. The van der Waals surface area contributed by atoms with E-state index in [1.165, 1.54) is 6.42 Å². The third-order valence-electron chi connectivity index (χ3n) is 3.66. The fraction of sp³-hybridized carbons (Fsp3) is 0.600. The lowest BCUT2D eigenvalue weighted by Crippen LogP contribution is -2.31. The summed E-state index contributed by atoms with van der Waals surface area (Å²) in [5, 5.41) is 10.1. The van der Waals surface area contributed by atoms with Gasteiger partial charge in [0.05, 0.1) is 6.10 Å². The Morgan fingerprint density at radius 3 is 2.79 bits per heavy atom. The van der Waals surface area contributed by atoms with Gasteiger partial charge in [-0.3, -0.25) is 0 Å². The first-order valence-electron chi connectivity index (χ1n) is 6.97. The summed E-state index contributed by atoms with van der Waals surface area (Å²) in [6.07, 6.45) is 4.62. The number of rotatable bonds is 3. The molecule has 2 rings (SSSR count). The van der Waals surface area contributed by atoms with Crippen molar-refractivity contribution in [3.05, 3.63) is 28.2 Å². The Morgan fingerprint density at radius 1 is 1.32 bits per heavy atom. The average Bonchev–Trinajstić information content (AvgIpc) is 2.55. The highest BCUT2D eigenvalue weighted by molar-refractivity contribution is 9.10. The monoisotopic (exact) mass is 327 g/mol. The fourth-order valence-electron chi connectivity index (χ4n) is 2.54. The highest BCUT2D eigenvalue weighted by Crippen LogP contribution is 2.31. The SMILES string of the molecule is CC(N)c1ccc(Br)cc1OC1CCCCCC1O. The smallest absolute Gasteiger partial charge is 0.125 e. The maximum absolute atomic E-state index is 10.1. The van der Waals surface area contributed by atoms with E-state index in [1.807, 2.05) is 25.1 Å². The minimum absolute atomic E-state index is 0.0778. The number of aliphatic hydroxyl groups is 1. The van der Waals surface area contributed by atoms with E-state index < -0.39 is 0 Å². The van der Waals surface area contributed by atoms with Gasteiger partial charge in [-0.25, -0.2) is 0 Å². The van der Waals surface area contributed by atoms with Gasteiger partial charge in [-0.05, 0) is 38.3 Å². The maximum Gasteiger partial charge on any atom is 0.125 e. The summed E-state index contributed by atoms with van der Waals surface area (Å²) < 4.78 is 7.03. The van der Waals surface area contributed by atoms with Gasteiger partial charge < -0.3 is 15.6 Å². The summed E-state index contributed by atoms with van der Waals surface area (Å²) in [6.45, 7) is 1.94. The van der Waals surface area contributed by atoms with E-state index in [9.17, 15) is 5.11 Å². The van der Waals surface area contributed by atoms with Gasteiger partial charge in [0.2, 0.25) is 0 Å². The van der Waals surface area contributed by atoms with E-state index in [-0.39, 0.29) is 18.2 Å². The summed E-state index contributed by atoms with van der Waals surface area (Å²) in [5.74, 6) is 0.787. The van der Waals surface area contributed by atoms with Gasteiger partial charge >= 0.3 is 0 Å². The first kappa shape index (κ1) is 14.8. The molecular weight excluding hydrogens is 306 g/mol. The van der Waals surface area contributed by atoms with Gasteiger partial charge in [0.25, 0.3) is 0 Å². The molecule has 0 aliphatic heterocycles. The third kappa shape index (κ3) is 3.94. The molecule has 1 aromatic rings. The first-order valence-corrected chi connectivity index (χ1v) is 7.77. The van der Waals surface area contributed by atoms with E-state index in [2.05, 4.69) is 15.9 Å². The van der Waals surface area contributed by atoms with Crippen LogP contribution in [0.4, 0.5) is 0 Å². The summed E-state index contributed by atoms with van der Waals surface area (Å²) in [5.41, 5.74) is 6.96. The Bertz CT molecular complexity index is 423. The minimum atomic E-state index is -0.373. The lowest BCUT2D eigenvalue weighted by molar-refractivity contribution is 0.0312. The zero-order valence-electron chi connectivity index (χ0n) is 11.3. The van der Waals surface area contributed by atoms with Gasteiger partial charge in [-0.2, -0.15) is 0 Å². The van der Waals surface area contributed by atoms with Crippen molar-refractivity contribution in [2.45, 2.75) is 57.3 Å². The Balaban J connectivity index is 2.18. The molecule has 0 radical (unpaired) electrons. The second kappa shape index (κ2) is 6.73. The predicted octanol–water partition coefficient (Wildman–Crippen LogP) is 3.54. The summed E-state index contributed by atoms with van der Waals surface area (Å²) in [7, 11) is 0. The van der Waals surface area contributed by atoms with Crippen LogP contribution in [0.3, 0.4) is 0 Å². The van der Waals surface area contributed by atoms with Crippen LogP contribution in [0.2, 0.25) is 0 Å². The average molecular weight is 328 g/mol. The summed E-state index contributed by atoms with van der Waals surface area (Å²) in [4.78, 5) is 0. The van der Waals surface area contributed by atoms with Crippen LogP contribution < -0.4 is 10.5 Å². The first-order chi connectivity index (χ1) is 9.08. The van der Waals surface area contributed by atoms with Crippen LogP contribution >= 0.6 is 15.9 Å². The van der Waals surface area contributed by atoms with Crippen molar-refractivity contribution in [3.63, 3.8) is 0 Å². The molecule has 1 saturated carbocycles. The normalized spacial score (nSPS) is 25.7. The van der Waals surface area contributed by atoms with Crippen LogP contribution in [0.15, 0.2) is 22.7 Å². The second-order valence-electron chi connectivity index (χ2n) is 5.33. The van der Waals surface area contributed by atoms with E-state index in [4.69, 9.17) is 10.5 Å². The van der Waals surface area contributed by atoms with Crippen molar-refractivity contribution in [2.75, 3.05) is 0 Å². The van der Waals surface area contributed by atoms with Gasteiger partial charge in [0, 0.05) is 16.1 Å². The maximum atomic E-state index is 10.1. The third-order valence-corrected chi connectivity index (χ3v) is 4.16. The molecule has 1 fully saturated rings. The summed E-state index contributed by atoms with van der Waals surface area (Å²) >= 11 is 3.46. The van der Waals surface area contributed by atoms with Crippen LogP contribution in [0.1, 0.15) is 50.6 Å². The number of hydrogen-bond donors (Lipinski definition) is 2. The van der Waals surface area contributed by atoms with Crippen molar-refractivity contribution in [3.8, 4) is 5.75 Å². The molecule has 0 spiro atoms. The number of ether oxygens (including phenoxy) is 1. The van der Waals surface area contributed by atoms with Crippen LogP contribution in [0, 0.1) is 0 Å². The highest BCUT2D eigenvalue weighted by atomic mass is 79.9. The molecule has 3 nitrogen and oxygen atoms in total. The van der Waals surface area contributed by atoms with Crippen LogP contribution in [-0.4, -0.2) is 17.3 Å². The van der Waals surface area contributed by atoms with Crippen LogP contribution in [0.5, 0.6) is 5.75 Å². The van der Waals surface area contributed by atoms with Crippen LogP contribution in [0.25, 0.3) is 0 Å². The molecule has 0 saturated heterocycles. The number of nitrogens with two attached hydrogens (primary N) is 1. The Hall–Kier alpha value is -0.580. The van der Waals surface area contributed by atoms with Crippen molar-refractivity contribution < 1.29 is 9.84 Å². The molecule has 3 N–H and O–H groups in total. The van der Waals surface area contributed by atoms with Crippen molar-refractivity contribution in [1.29, 1.82) is 0 Å². The molecule has 0 amide bonds. The van der Waals surface area contributed by atoms with E-state index >= 15 is 0 Å². The standard InChI is InChI=1S/C15H22BrNO2/c1-10(17)12-8-7-11(16)9-15(12)19-14-6-4-2-3-5-13(14)18/h7-10,13-14,18H,2-6,17H2,1H3. The van der Waals surface area contributed by atoms with Gasteiger partial charge in [-0.1, -0.05) is 34.8 Å². The van der Waals surface area contributed by atoms with Gasteiger partial charge in [0.1, 0.15) is 11.9 Å². The quantitative estimate of drug-likeness (QED) is 0.835. The molecule has 1 aromatic carbocycles. The Morgan fingerprint density at radius 2 is 2.05 bits per heavy atom. The second-order valence-corrected chi connectivity index (χ2v) is 6.25. The van der Waals surface area contributed by atoms with Crippen molar-refractivity contribution >= 4 is 15.9 Å². The minimum Gasteiger partial charge on any atom is -0.487 e. The molecule has 3 atom stereocenters. The van der Waals surface area contributed by atoms with E-state index in [0.29, 0.717) is 0 Å². The van der Waals surface area contributed by atoms with Gasteiger partial charge in [-0.15, -0.1) is 0 Å².